The summed E-state index contributed by atoms with van der Waals surface area (Å²) in [5.74, 6) is -0.929. The molecule has 1 aliphatic rings. The molecular weight excluding hydrogens is 424 g/mol. The van der Waals surface area contributed by atoms with Gasteiger partial charge in [-0.2, -0.15) is 0 Å². The van der Waals surface area contributed by atoms with Crippen LogP contribution < -0.4 is 10.6 Å². The molecule has 1 aromatic carbocycles. The highest BCUT2D eigenvalue weighted by molar-refractivity contribution is 5.89. The Hall–Kier alpha value is -2.74. The normalized spacial score (nSPS) is 17.5. The minimum Gasteiger partial charge on any atom is -0.445 e. The van der Waals surface area contributed by atoms with Crippen LogP contribution in [0.15, 0.2) is 30.3 Å². The van der Waals surface area contributed by atoms with Gasteiger partial charge in [0.25, 0.3) is 0 Å². The van der Waals surface area contributed by atoms with E-state index in [-0.39, 0.29) is 55.5 Å². The van der Waals surface area contributed by atoms with Gasteiger partial charge in [0.05, 0.1) is 19.2 Å². The van der Waals surface area contributed by atoms with Gasteiger partial charge >= 0.3 is 6.09 Å². The van der Waals surface area contributed by atoms with Crippen LogP contribution in [-0.2, 0) is 25.7 Å². The predicted molar refractivity (Wildman–Crippen MR) is 123 cm³/mol. The molecule has 0 bridgehead atoms. The van der Waals surface area contributed by atoms with Crippen molar-refractivity contribution in [2.45, 2.75) is 65.0 Å². The van der Waals surface area contributed by atoms with Crippen LogP contribution in [0.1, 0.15) is 57.9 Å². The molecule has 3 atom stereocenters. The number of alkyl carbamates (subject to hydrolysis) is 1. The highest BCUT2D eigenvalue weighted by Gasteiger charge is 2.30. The van der Waals surface area contributed by atoms with Gasteiger partial charge in [-0.1, -0.05) is 44.2 Å². The van der Waals surface area contributed by atoms with E-state index >= 15 is 0 Å². The summed E-state index contributed by atoms with van der Waals surface area (Å²) in [4.78, 5) is 49.1. The fraction of sp³-hybridized carbons (Fsp3) is 0.600. The Morgan fingerprint density at radius 2 is 1.91 bits per heavy atom. The maximum atomic E-state index is 12.9. The van der Waals surface area contributed by atoms with Crippen LogP contribution >= 0.6 is 0 Å². The lowest BCUT2D eigenvalue weighted by Gasteiger charge is -2.24. The second-order valence-corrected chi connectivity index (χ2v) is 9.16. The van der Waals surface area contributed by atoms with E-state index in [9.17, 15) is 24.3 Å². The van der Waals surface area contributed by atoms with Gasteiger partial charge < -0.3 is 20.5 Å². The third kappa shape index (κ3) is 9.74. The van der Waals surface area contributed by atoms with Crippen molar-refractivity contribution in [3.63, 3.8) is 0 Å². The predicted octanol–water partition coefficient (Wildman–Crippen LogP) is 2.77. The Morgan fingerprint density at radius 3 is 2.52 bits per heavy atom. The number of amides is 2. The first kappa shape index (κ1) is 26.5. The molecule has 3 N–H and O–H groups in total. The van der Waals surface area contributed by atoms with Crippen LogP contribution in [0.4, 0.5) is 4.79 Å². The molecule has 0 aliphatic heterocycles. The molecule has 1 fully saturated rings. The lowest BCUT2D eigenvalue weighted by molar-refractivity contribution is -0.130. The van der Waals surface area contributed by atoms with Gasteiger partial charge in [-0.25, -0.2) is 4.79 Å². The minimum atomic E-state index is -0.696. The number of Topliss-reactive ketones (excluding diaryl/α,β-unsaturated/α-hetero) is 2. The number of hydrogen-bond acceptors (Lipinski definition) is 6. The average molecular weight is 461 g/mol. The SMILES string of the molecule is CC(C)C[C@H](CC(=O)CNC(=O)OCc1ccccc1)C(=O)N[C@H](CO)CC1CCCC1=O. The fourth-order valence-corrected chi connectivity index (χ4v) is 4.12. The fourth-order valence-electron chi connectivity index (χ4n) is 4.12. The molecule has 1 saturated carbocycles. The van der Waals surface area contributed by atoms with E-state index in [4.69, 9.17) is 4.74 Å². The highest BCUT2D eigenvalue weighted by atomic mass is 16.5. The zero-order valence-electron chi connectivity index (χ0n) is 19.5. The number of rotatable bonds is 13. The van der Waals surface area contributed by atoms with Gasteiger partial charge in [-0.05, 0) is 37.2 Å². The molecular formula is C25H36N2O6. The summed E-state index contributed by atoms with van der Waals surface area (Å²) in [6, 6.07) is 8.69. The van der Waals surface area contributed by atoms with Gasteiger partial charge in [-0.3, -0.25) is 14.4 Å². The number of carbonyl (C=O) groups excluding carboxylic acids is 4. The Balaban J connectivity index is 1.81. The van der Waals surface area contributed by atoms with Crippen LogP contribution in [0.3, 0.4) is 0 Å². The number of hydrogen-bond donors (Lipinski definition) is 3. The van der Waals surface area contributed by atoms with E-state index in [1.54, 1.807) is 0 Å². The number of ether oxygens (including phenoxy) is 1. The lowest BCUT2D eigenvalue weighted by Crippen LogP contribution is -2.43. The quantitative estimate of drug-likeness (QED) is 0.416. The number of nitrogens with one attached hydrogen (secondary N) is 2. The van der Waals surface area contributed by atoms with E-state index in [2.05, 4.69) is 10.6 Å². The number of aliphatic hydroxyl groups is 1. The van der Waals surface area contributed by atoms with Crippen LogP contribution in [0.5, 0.6) is 0 Å². The molecule has 1 aliphatic carbocycles. The summed E-state index contributed by atoms with van der Waals surface area (Å²) in [5.41, 5.74) is 0.838. The van der Waals surface area contributed by atoms with Crippen LogP contribution in [0.2, 0.25) is 0 Å². The van der Waals surface area contributed by atoms with Crippen molar-refractivity contribution in [1.82, 2.24) is 10.6 Å². The third-order valence-corrected chi connectivity index (χ3v) is 5.81. The zero-order valence-corrected chi connectivity index (χ0v) is 19.5. The maximum absolute atomic E-state index is 12.9. The molecule has 2 amide bonds. The van der Waals surface area contributed by atoms with Crippen molar-refractivity contribution < 1.29 is 29.0 Å². The van der Waals surface area contributed by atoms with Crippen molar-refractivity contribution in [1.29, 1.82) is 0 Å². The van der Waals surface area contributed by atoms with Gasteiger partial charge in [0.15, 0.2) is 5.78 Å². The average Bonchev–Trinajstić information content (AvgIpc) is 3.19. The first-order valence-electron chi connectivity index (χ1n) is 11.7. The Labute approximate surface area is 195 Å². The molecule has 8 heteroatoms. The van der Waals surface area contributed by atoms with Crippen molar-refractivity contribution in [2.75, 3.05) is 13.2 Å². The Kier molecular flexibility index (Phi) is 11.0. The molecule has 1 unspecified atom stereocenters. The van der Waals surface area contributed by atoms with E-state index < -0.39 is 18.1 Å². The lowest BCUT2D eigenvalue weighted by atomic mass is 9.90. The second-order valence-electron chi connectivity index (χ2n) is 9.16. The topological polar surface area (TPSA) is 122 Å². The molecule has 0 saturated heterocycles. The summed E-state index contributed by atoms with van der Waals surface area (Å²) in [7, 11) is 0. The van der Waals surface area contributed by atoms with Gasteiger partial charge in [0, 0.05) is 24.7 Å². The first-order chi connectivity index (χ1) is 15.8. The standard InChI is InChI=1S/C25H36N2O6/c1-17(2)11-20(24(31)27-21(15-28)12-19-9-6-10-23(19)30)13-22(29)14-26-25(32)33-16-18-7-4-3-5-8-18/h3-5,7-8,17,19-21,28H,6,9-16H2,1-2H3,(H,26,32)(H,27,31)/t19?,20-,21+/m1/s1. The zero-order chi connectivity index (χ0) is 24.2. The molecule has 33 heavy (non-hydrogen) atoms. The molecule has 182 valence electrons. The second kappa shape index (κ2) is 13.7. The molecule has 0 spiro atoms. The van der Waals surface area contributed by atoms with Gasteiger partial charge in [-0.15, -0.1) is 0 Å². The molecule has 0 radical (unpaired) electrons. The summed E-state index contributed by atoms with van der Waals surface area (Å²) in [5, 5.41) is 14.9. The Morgan fingerprint density at radius 1 is 1.18 bits per heavy atom. The smallest absolute Gasteiger partial charge is 0.407 e. The molecule has 1 aromatic rings. The number of ketones is 2. The van der Waals surface area contributed by atoms with E-state index in [1.165, 1.54) is 0 Å². The van der Waals surface area contributed by atoms with Gasteiger partial charge in [0.1, 0.15) is 12.4 Å². The van der Waals surface area contributed by atoms with Crippen LogP contribution in [0, 0.1) is 17.8 Å². The third-order valence-electron chi connectivity index (χ3n) is 5.81. The summed E-state index contributed by atoms with van der Waals surface area (Å²) in [6.45, 7) is 3.54. The maximum Gasteiger partial charge on any atom is 0.407 e. The van der Waals surface area contributed by atoms with Gasteiger partial charge in [0.2, 0.25) is 5.91 Å². The van der Waals surface area contributed by atoms with Crippen molar-refractivity contribution in [3.8, 4) is 0 Å². The molecule has 0 heterocycles. The van der Waals surface area contributed by atoms with Crippen molar-refractivity contribution >= 4 is 23.6 Å². The minimum absolute atomic E-state index is 0.0243. The van der Waals surface area contributed by atoms with E-state index in [0.29, 0.717) is 19.3 Å². The van der Waals surface area contributed by atoms with E-state index in [1.807, 2.05) is 44.2 Å². The van der Waals surface area contributed by atoms with E-state index in [0.717, 1.165) is 18.4 Å². The highest BCUT2D eigenvalue weighted by Crippen LogP contribution is 2.26. The molecule has 0 aromatic heterocycles. The summed E-state index contributed by atoms with van der Waals surface area (Å²) < 4.78 is 5.10. The first-order valence-corrected chi connectivity index (χ1v) is 11.7. The van der Waals surface area contributed by atoms with Crippen LogP contribution in [-0.4, -0.2) is 47.9 Å². The largest absolute Gasteiger partial charge is 0.445 e. The summed E-state index contributed by atoms with van der Waals surface area (Å²) >= 11 is 0. The number of aliphatic hydroxyl groups excluding tert-OH is 1. The van der Waals surface area contributed by atoms with Crippen molar-refractivity contribution in [3.05, 3.63) is 35.9 Å². The van der Waals surface area contributed by atoms with Crippen LogP contribution in [0.25, 0.3) is 0 Å². The van der Waals surface area contributed by atoms with Crippen molar-refractivity contribution in [2.24, 2.45) is 17.8 Å². The monoisotopic (exact) mass is 460 g/mol. The molecule has 8 nitrogen and oxygen atoms in total. The number of benzene rings is 1. The number of carbonyl (C=O) groups is 4. The molecule has 2 rings (SSSR count). The Bertz CT molecular complexity index is 795. The summed E-state index contributed by atoms with van der Waals surface area (Å²) in [6.07, 6.45) is 2.38.